The molecule has 0 aliphatic rings. The number of aromatic nitrogens is 4. The maximum Gasteiger partial charge on any atom is 0.269 e. The Morgan fingerprint density at radius 1 is 1.07 bits per heavy atom. The van der Waals surface area contributed by atoms with Crippen molar-refractivity contribution >= 4 is 28.6 Å². The zero-order valence-electron chi connectivity index (χ0n) is 14.8. The summed E-state index contributed by atoms with van der Waals surface area (Å²) in [5.41, 5.74) is 2.37. The van der Waals surface area contributed by atoms with Crippen LogP contribution in [0, 0.1) is 21.7 Å². The van der Waals surface area contributed by atoms with Gasteiger partial charge in [-0.15, -0.1) is 0 Å². The van der Waals surface area contributed by atoms with E-state index < -0.39 is 16.6 Å². The summed E-state index contributed by atoms with van der Waals surface area (Å²) in [6.45, 7) is 0.159. The van der Waals surface area contributed by atoms with E-state index in [2.05, 4.69) is 15.0 Å². The maximum absolute atomic E-state index is 14.0. The molecule has 29 heavy (non-hydrogen) atoms. The van der Waals surface area contributed by atoms with Gasteiger partial charge >= 0.3 is 0 Å². The van der Waals surface area contributed by atoms with Crippen LogP contribution in [0.1, 0.15) is 11.1 Å². The molecule has 0 unspecified atom stereocenters. The smallest absolute Gasteiger partial charge is 0.269 e. The molecule has 2 heterocycles. The molecule has 0 bridgehead atoms. The van der Waals surface area contributed by atoms with Crippen molar-refractivity contribution in [2.45, 2.75) is 17.3 Å². The summed E-state index contributed by atoms with van der Waals surface area (Å²) in [4.78, 5) is 23.1. The van der Waals surface area contributed by atoms with Gasteiger partial charge in [-0.3, -0.25) is 10.1 Å². The summed E-state index contributed by atoms with van der Waals surface area (Å²) < 4.78 is 28.7. The molecule has 0 fully saturated rings. The lowest BCUT2D eigenvalue weighted by Crippen LogP contribution is -2.02. The number of benzene rings is 2. The number of fused-ring (bicyclic) bond motifs is 1. The summed E-state index contributed by atoms with van der Waals surface area (Å²) in [5, 5.41) is 11.4. The van der Waals surface area contributed by atoms with Crippen LogP contribution in [0.5, 0.6) is 0 Å². The van der Waals surface area contributed by atoms with Gasteiger partial charge < -0.3 is 4.57 Å². The van der Waals surface area contributed by atoms with Gasteiger partial charge in [0, 0.05) is 29.5 Å². The fourth-order valence-corrected chi connectivity index (χ4v) is 3.68. The molecule has 0 aliphatic carbocycles. The average molecular weight is 413 g/mol. The van der Waals surface area contributed by atoms with E-state index in [1.54, 1.807) is 16.7 Å². The van der Waals surface area contributed by atoms with Gasteiger partial charge in [-0.2, -0.15) is 0 Å². The zero-order chi connectivity index (χ0) is 20.4. The number of rotatable bonds is 6. The van der Waals surface area contributed by atoms with Crippen LogP contribution in [0.25, 0.3) is 11.2 Å². The second kappa shape index (κ2) is 7.92. The van der Waals surface area contributed by atoms with Crippen molar-refractivity contribution in [3.05, 3.63) is 88.0 Å². The van der Waals surface area contributed by atoms with Crippen molar-refractivity contribution in [2.24, 2.45) is 0 Å². The van der Waals surface area contributed by atoms with Crippen molar-refractivity contribution < 1.29 is 13.7 Å². The van der Waals surface area contributed by atoms with Crippen LogP contribution in [0.3, 0.4) is 0 Å². The molecule has 2 aromatic carbocycles. The Balaban J connectivity index is 1.54. The van der Waals surface area contributed by atoms with Crippen molar-refractivity contribution in [2.75, 3.05) is 0 Å². The van der Waals surface area contributed by atoms with E-state index in [0.717, 1.165) is 11.6 Å². The molecule has 10 heteroatoms. The van der Waals surface area contributed by atoms with E-state index in [1.807, 2.05) is 0 Å². The Hall–Kier alpha value is -3.40. The lowest BCUT2D eigenvalue weighted by Gasteiger charge is -2.06. The minimum absolute atomic E-state index is 0.0370. The standard InChI is InChI=1S/C19H13F2N5O2S/c20-14-4-3-13(16(21)7-14)8-25-11-24-17-18(25)22-10-23-19(17)29-9-12-1-5-15(6-2-12)26(27)28/h1-7,10-11H,8-9H2. The highest BCUT2D eigenvalue weighted by atomic mass is 32.2. The minimum atomic E-state index is -0.631. The summed E-state index contributed by atoms with van der Waals surface area (Å²) in [6.07, 6.45) is 2.94. The molecule has 0 N–H and O–H groups in total. The predicted octanol–water partition coefficient (Wildman–Crippen LogP) is 4.35. The molecule has 7 nitrogen and oxygen atoms in total. The zero-order valence-corrected chi connectivity index (χ0v) is 15.6. The normalized spacial score (nSPS) is 11.1. The van der Waals surface area contributed by atoms with Crippen LogP contribution < -0.4 is 0 Å². The van der Waals surface area contributed by atoms with E-state index in [9.17, 15) is 18.9 Å². The molecule has 146 valence electrons. The Morgan fingerprint density at radius 3 is 2.59 bits per heavy atom. The highest BCUT2D eigenvalue weighted by Crippen LogP contribution is 2.27. The van der Waals surface area contributed by atoms with E-state index >= 15 is 0 Å². The van der Waals surface area contributed by atoms with Crippen LogP contribution in [0.15, 0.2) is 60.1 Å². The van der Waals surface area contributed by atoms with Gasteiger partial charge in [0.1, 0.15) is 28.5 Å². The molecule has 0 radical (unpaired) electrons. The summed E-state index contributed by atoms with van der Waals surface area (Å²) in [6, 6.07) is 9.74. The quantitative estimate of drug-likeness (QED) is 0.202. The first kappa shape index (κ1) is 18.9. The summed E-state index contributed by atoms with van der Waals surface area (Å²) in [7, 11) is 0. The Labute approximate surface area is 167 Å². The molecule has 0 amide bonds. The van der Waals surface area contributed by atoms with E-state index in [0.29, 0.717) is 27.5 Å². The van der Waals surface area contributed by atoms with Crippen molar-refractivity contribution in [3.63, 3.8) is 0 Å². The lowest BCUT2D eigenvalue weighted by atomic mass is 10.2. The van der Waals surface area contributed by atoms with Crippen molar-refractivity contribution in [1.82, 2.24) is 19.5 Å². The van der Waals surface area contributed by atoms with Crippen molar-refractivity contribution in [1.29, 1.82) is 0 Å². The van der Waals surface area contributed by atoms with Crippen LogP contribution in [0.4, 0.5) is 14.5 Å². The second-order valence-corrected chi connectivity index (χ2v) is 7.14. The largest absolute Gasteiger partial charge is 0.311 e. The van der Waals surface area contributed by atoms with Gasteiger partial charge in [0.2, 0.25) is 0 Å². The van der Waals surface area contributed by atoms with E-state index in [-0.39, 0.29) is 12.2 Å². The fraction of sp³-hybridized carbons (Fsp3) is 0.105. The third kappa shape index (κ3) is 4.06. The molecule has 0 saturated heterocycles. The van der Waals surface area contributed by atoms with Crippen molar-refractivity contribution in [3.8, 4) is 0 Å². The number of imidazole rings is 1. The van der Waals surface area contributed by atoms with Gasteiger partial charge in [0.15, 0.2) is 5.65 Å². The number of hydrogen-bond donors (Lipinski definition) is 0. The molecule has 4 aromatic rings. The Morgan fingerprint density at radius 2 is 1.86 bits per heavy atom. The highest BCUT2D eigenvalue weighted by molar-refractivity contribution is 7.98. The first-order chi connectivity index (χ1) is 14.0. The van der Waals surface area contributed by atoms with E-state index in [1.165, 1.54) is 48.7 Å². The first-order valence-electron chi connectivity index (χ1n) is 8.47. The SMILES string of the molecule is O=[N+]([O-])c1ccc(CSc2ncnc3c2ncn3Cc2ccc(F)cc2F)cc1. The molecule has 0 spiro atoms. The molecule has 4 rings (SSSR count). The Bertz CT molecular complexity index is 1200. The number of nitro groups is 1. The second-order valence-electron chi connectivity index (χ2n) is 6.17. The van der Waals surface area contributed by atoms with E-state index in [4.69, 9.17) is 0 Å². The molecular weight excluding hydrogens is 400 g/mol. The van der Waals surface area contributed by atoms with Gasteiger partial charge in [0.25, 0.3) is 5.69 Å². The summed E-state index contributed by atoms with van der Waals surface area (Å²) >= 11 is 1.42. The third-order valence-corrected chi connectivity index (χ3v) is 5.30. The first-order valence-corrected chi connectivity index (χ1v) is 9.46. The highest BCUT2D eigenvalue weighted by Gasteiger charge is 2.13. The van der Waals surface area contributed by atoms with Gasteiger partial charge in [-0.1, -0.05) is 30.0 Å². The van der Waals surface area contributed by atoms with Crippen LogP contribution in [-0.4, -0.2) is 24.4 Å². The predicted molar refractivity (Wildman–Crippen MR) is 103 cm³/mol. The fourth-order valence-electron chi connectivity index (χ4n) is 2.78. The number of nitro benzene ring substituents is 1. The van der Waals surface area contributed by atoms with Gasteiger partial charge in [0.05, 0.1) is 17.8 Å². The number of non-ortho nitro benzene ring substituents is 1. The molecular formula is C19H13F2N5O2S. The average Bonchev–Trinajstić information content (AvgIpc) is 3.12. The monoisotopic (exact) mass is 413 g/mol. The van der Waals surface area contributed by atoms with Gasteiger partial charge in [-0.05, 0) is 11.6 Å². The Kier molecular flexibility index (Phi) is 5.17. The maximum atomic E-state index is 14.0. The number of hydrogen-bond acceptors (Lipinski definition) is 6. The van der Waals surface area contributed by atoms with Gasteiger partial charge in [-0.25, -0.2) is 23.7 Å². The van der Waals surface area contributed by atoms with Crippen LogP contribution in [0.2, 0.25) is 0 Å². The molecule has 0 saturated carbocycles. The number of nitrogens with zero attached hydrogens (tertiary/aromatic N) is 5. The molecule has 2 aromatic heterocycles. The molecule has 0 aliphatic heterocycles. The third-order valence-electron chi connectivity index (χ3n) is 4.25. The topological polar surface area (TPSA) is 86.7 Å². The number of thioether (sulfide) groups is 1. The lowest BCUT2D eigenvalue weighted by molar-refractivity contribution is -0.384. The number of halogens is 2. The van der Waals surface area contributed by atoms with Crippen LogP contribution in [-0.2, 0) is 12.3 Å². The molecule has 0 atom stereocenters. The minimum Gasteiger partial charge on any atom is -0.311 e. The summed E-state index contributed by atoms with van der Waals surface area (Å²) in [5.74, 6) is -0.716. The van der Waals surface area contributed by atoms with Crippen LogP contribution >= 0.6 is 11.8 Å².